The SMILES string of the molecule is CC.CCCOc1ccccc1OCC1CC1.CN1CCC2C=CC(O)CC21. The average Bonchev–Trinajstić information content (AvgIpc) is 3.50. The molecule has 4 rings (SSSR count). The average molecular weight is 390 g/mol. The van der Waals surface area contributed by atoms with Gasteiger partial charge in [-0.25, -0.2) is 0 Å². The summed E-state index contributed by atoms with van der Waals surface area (Å²) in [4.78, 5) is 2.36. The number of ether oxygens (including phenoxy) is 2. The predicted octanol–water partition coefficient (Wildman–Crippen LogP) is 4.92. The van der Waals surface area contributed by atoms with Gasteiger partial charge in [0.05, 0.1) is 19.3 Å². The van der Waals surface area contributed by atoms with E-state index in [1.165, 1.54) is 25.8 Å². The summed E-state index contributed by atoms with van der Waals surface area (Å²) < 4.78 is 11.3. The maximum absolute atomic E-state index is 9.36. The molecule has 1 saturated carbocycles. The second-order valence-electron chi connectivity index (χ2n) is 7.74. The van der Waals surface area contributed by atoms with Gasteiger partial charge in [0.1, 0.15) is 0 Å². The zero-order chi connectivity index (χ0) is 20.4. The predicted molar refractivity (Wildman–Crippen MR) is 116 cm³/mol. The monoisotopic (exact) mass is 389 g/mol. The van der Waals surface area contributed by atoms with E-state index in [0.29, 0.717) is 12.0 Å². The topological polar surface area (TPSA) is 41.9 Å². The normalized spacial score (nSPS) is 25.7. The van der Waals surface area contributed by atoms with Crippen LogP contribution < -0.4 is 9.47 Å². The van der Waals surface area contributed by atoms with Crippen molar-refractivity contribution in [2.75, 3.05) is 26.8 Å². The van der Waals surface area contributed by atoms with E-state index < -0.39 is 0 Å². The molecule has 0 aromatic heterocycles. The molecule has 1 heterocycles. The summed E-state index contributed by atoms with van der Waals surface area (Å²) in [5.41, 5.74) is 0. The fourth-order valence-electron chi connectivity index (χ4n) is 3.61. The van der Waals surface area contributed by atoms with Gasteiger partial charge in [-0.05, 0) is 69.7 Å². The summed E-state index contributed by atoms with van der Waals surface area (Å²) in [7, 11) is 2.15. The van der Waals surface area contributed by atoms with Crippen molar-refractivity contribution >= 4 is 0 Å². The maximum atomic E-state index is 9.36. The van der Waals surface area contributed by atoms with Gasteiger partial charge in [-0.3, -0.25) is 0 Å². The summed E-state index contributed by atoms with van der Waals surface area (Å²) in [6.07, 6.45) is 9.79. The summed E-state index contributed by atoms with van der Waals surface area (Å²) in [6, 6.07) is 8.52. The third-order valence-electron chi connectivity index (χ3n) is 5.42. The number of aliphatic hydroxyl groups is 1. The maximum Gasteiger partial charge on any atom is 0.161 e. The van der Waals surface area contributed by atoms with Crippen LogP contribution in [-0.4, -0.2) is 49.0 Å². The van der Waals surface area contributed by atoms with Crippen LogP contribution in [0, 0.1) is 11.8 Å². The van der Waals surface area contributed by atoms with Gasteiger partial charge in [-0.1, -0.05) is 45.1 Å². The Hall–Kier alpha value is -1.52. The lowest BCUT2D eigenvalue weighted by Gasteiger charge is -2.28. The van der Waals surface area contributed by atoms with Crippen molar-refractivity contribution < 1.29 is 14.6 Å². The molecule has 3 aliphatic rings. The molecule has 158 valence electrons. The molecule has 3 atom stereocenters. The van der Waals surface area contributed by atoms with Crippen LogP contribution in [0.4, 0.5) is 0 Å². The zero-order valence-electron chi connectivity index (χ0n) is 18.1. The quantitative estimate of drug-likeness (QED) is 0.702. The van der Waals surface area contributed by atoms with E-state index in [9.17, 15) is 5.11 Å². The van der Waals surface area contributed by atoms with Crippen LogP contribution in [0.15, 0.2) is 36.4 Å². The van der Waals surface area contributed by atoms with E-state index in [1.807, 2.05) is 44.2 Å². The lowest BCUT2D eigenvalue weighted by Crippen LogP contribution is -2.34. The first-order chi connectivity index (χ1) is 13.7. The van der Waals surface area contributed by atoms with Gasteiger partial charge in [0.25, 0.3) is 0 Å². The Bertz CT molecular complexity index is 585. The molecule has 28 heavy (non-hydrogen) atoms. The van der Waals surface area contributed by atoms with Crippen LogP contribution in [-0.2, 0) is 0 Å². The molecule has 2 fully saturated rings. The van der Waals surface area contributed by atoms with Crippen LogP contribution in [0.25, 0.3) is 0 Å². The van der Waals surface area contributed by atoms with Gasteiger partial charge in [-0.2, -0.15) is 0 Å². The fourth-order valence-corrected chi connectivity index (χ4v) is 3.61. The molecular weight excluding hydrogens is 350 g/mol. The van der Waals surface area contributed by atoms with Crippen molar-refractivity contribution in [1.82, 2.24) is 4.90 Å². The smallest absolute Gasteiger partial charge is 0.161 e. The second kappa shape index (κ2) is 12.1. The van der Waals surface area contributed by atoms with E-state index in [1.54, 1.807) is 0 Å². The number of fused-ring (bicyclic) bond motifs is 1. The largest absolute Gasteiger partial charge is 0.490 e. The number of para-hydroxylation sites is 2. The van der Waals surface area contributed by atoms with Crippen LogP contribution in [0.1, 0.15) is 52.9 Å². The standard InChI is InChI=1S/C13H18O2.C9H15NO.C2H6/c1-2-9-14-12-5-3-4-6-13(12)15-10-11-7-8-11;1-10-5-4-7-2-3-8(11)6-9(7)10;1-2/h3-6,11H,2,7-10H2,1H3;2-3,7-9,11H,4-6H2,1H3;1-2H3. The zero-order valence-corrected chi connectivity index (χ0v) is 18.1. The van der Waals surface area contributed by atoms with Crippen LogP contribution >= 0.6 is 0 Å². The van der Waals surface area contributed by atoms with Gasteiger partial charge >= 0.3 is 0 Å². The van der Waals surface area contributed by atoms with Gasteiger partial charge in [0, 0.05) is 6.04 Å². The van der Waals surface area contributed by atoms with Crippen molar-refractivity contribution in [3.63, 3.8) is 0 Å². The fraction of sp³-hybridized carbons (Fsp3) is 0.667. The van der Waals surface area contributed by atoms with Gasteiger partial charge in [-0.15, -0.1) is 0 Å². The Balaban J connectivity index is 0.000000191. The van der Waals surface area contributed by atoms with Crippen molar-refractivity contribution in [2.45, 2.75) is 65.0 Å². The van der Waals surface area contributed by atoms with Gasteiger partial charge < -0.3 is 19.5 Å². The van der Waals surface area contributed by atoms with E-state index in [0.717, 1.165) is 43.5 Å². The highest BCUT2D eigenvalue weighted by atomic mass is 16.5. The summed E-state index contributed by atoms with van der Waals surface area (Å²) in [6.45, 7) is 8.89. The molecule has 3 unspecified atom stereocenters. The van der Waals surface area contributed by atoms with Crippen LogP contribution in [0.5, 0.6) is 11.5 Å². The first-order valence-corrected chi connectivity index (χ1v) is 11.1. The molecule has 1 aromatic carbocycles. The minimum Gasteiger partial charge on any atom is -0.490 e. The van der Waals surface area contributed by atoms with Crippen molar-refractivity contribution in [1.29, 1.82) is 0 Å². The molecule has 4 nitrogen and oxygen atoms in total. The molecule has 1 N–H and O–H groups in total. The summed E-state index contributed by atoms with van der Waals surface area (Å²) >= 11 is 0. The minimum absolute atomic E-state index is 0.197. The number of benzene rings is 1. The second-order valence-corrected chi connectivity index (χ2v) is 7.74. The molecular formula is C24H39NO3. The molecule has 2 aliphatic carbocycles. The van der Waals surface area contributed by atoms with E-state index in [-0.39, 0.29) is 6.10 Å². The summed E-state index contributed by atoms with van der Waals surface area (Å²) in [5, 5.41) is 9.36. The molecule has 0 radical (unpaired) electrons. The number of likely N-dealkylation sites (tertiary alicyclic amines) is 1. The Kier molecular flexibility index (Phi) is 9.86. The Morgan fingerprint density at radius 1 is 1.04 bits per heavy atom. The van der Waals surface area contributed by atoms with Crippen LogP contribution in [0.2, 0.25) is 0 Å². The van der Waals surface area contributed by atoms with E-state index in [4.69, 9.17) is 9.47 Å². The Morgan fingerprint density at radius 3 is 2.36 bits per heavy atom. The number of rotatable bonds is 6. The third-order valence-corrected chi connectivity index (χ3v) is 5.42. The summed E-state index contributed by atoms with van der Waals surface area (Å²) in [5.74, 6) is 3.26. The first kappa shape index (κ1) is 22.8. The van der Waals surface area contributed by atoms with Crippen molar-refractivity contribution in [2.24, 2.45) is 11.8 Å². The van der Waals surface area contributed by atoms with Gasteiger partial charge in [0.2, 0.25) is 0 Å². The van der Waals surface area contributed by atoms with Crippen molar-refractivity contribution in [3.05, 3.63) is 36.4 Å². The third kappa shape index (κ3) is 7.14. The Labute approximate surface area is 171 Å². The number of hydrogen-bond donors (Lipinski definition) is 1. The van der Waals surface area contributed by atoms with Crippen LogP contribution in [0.3, 0.4) is 0 Å². The van der Waals surface area contributed by atoms with Gasteiger partial charge in [0.15, 0.2) is 11.5 Å². The molecule has 1 aliphatic heterocycles. The molecule has 0 bridgehead atoms. The number of hydrogen-bond acceptors (Lipinski definition) is 4. The molecule has 4 heteroatoms. The van der Waals surface area contributed by atoms with Crippen molar-refractivity contribution in [3.8, 4) is 11.5 Å². The molecule has 1 saturated heterocycles. The van der Waals surface area contributed by atoms with E-state index in [2.05, 4.69) is 24.9 Å². The highest BCUT2D eigenvalue weighted by molar-refractivity contribution is 5.39. The molecule has 0 amide bonds. The number of nitrogens with zero attached hydrogens (tertiary/aromatic N) is 1. The number of aliphatic hydroxyl groups excluding tert-OH is 1. The lowest BCUT2D eigenvalue weighted by molar-refractivity contribution is 0.147. The molecule has 0 spiro atoms. The van der Waals surface area contributed by atoms with E-state index >= 15 is 0 Å². The highest BCUT2D eigenvalue weighted by Crippen LogP contribution is 2.33. The molecule has 1 aromatic rings. The highest BCUT2D eigenvalue weighted by Gasteiger charge is 2.33. The first-order valence-electron chi connectivity index (χ1n) is 11.1. The minimum atomic E-state index is -0.197. The Morgan fingerprint density at radius 2 is 1.71 bits per heavy atom. The lowest BCUT2D eigenvalue weighted by atomic mass is 9.90.